The number of carboxylic acid groups (broad SMARTS) is 1. The highest BCUT2D eigenvalue weighted by Crippen LogP contribution is 2.18. The van der Waals surface area contributed by atoms with Crippen molar-refractivity contribution in [1.29, 1.82) is 0 Å². The number of aliphatic hydroxyl groups is 2. The third kappa shape index (κ3) is 6.59. The summed E-state index contributed by atoms with van der Waals surface area (Å²) in [5, 5.41) is 30.6. The summed E-state index contributed by atoms with van der Waals surface area (Å²) in [5.41, 5.74) is 1.69. The standard InChI is InChI=1S/C13H19NO.C8H8O3/c15-13-9-5-4-8-12(13)14-10-11-6-2-1-3-7-11;9-7(8(10)11)6-4-2-1-3-5-6/h1-3,6-7,12-15H,4-5,8-10H2;1-5,7,9H,(H,10,11)/t12-,13-;/m0./s1. The second-order valence-corrected chi connectivity index (χ2v) is 6.48. The monoisotopic (exact) mass is 357 g/mol. The molecule has 0 bridgehead atoms. The third-order valence-corrected chi connectivity index (χ3v) is 4.49. The number of hydrogen-bond acceptors (Lipinski definition) is 4. The molecule has 26 heavy (non-hydrogen) atoms. The van der Waals surface area contributed by atoms with Gasteiger partial charge in [-0.1, -0.05) is 73.5 Å². The molecule has 0 amide bonds. The van der Waals surface area contributed by atoms with E-state index in [1.165, 1.54) is 18.4 Å². The van der Waals surface area contributed by atoms with E-state index in [1.807, 2.05) is 18.2 Å². The van der Waals surface area contributed by atoms with E-state index in [1.54, 1.807) is 30.3 Å². The van der Waals surface area contributed by atoms with Crippen molar-refractivity contribution in [2.24, 2.45) is 0 Å². The van der Waals surface area contributed by atoms with Gasteiger partial charge in [-0.25, -0.2) is 4.79 Å². The van der Waals surface area contributed by atoms with Gasteiger partial charge in [0.05, 0.1) is 6.10 Å². The fourth-order valence-electron chi connectivity index (χ4n) is 2.97. The van der Waals surface area contributed by atoms with Gasteiger partial charge in [0, 0.05) is 12.6 Å². The van der Waals surface area contributed by atoms with Crippen LogP contribution in [0.15, 0.2) is 60.7 Å². The van der Waals surface area contributed by atoms with Gasteiger partial charge in [-0.2, -0.15) is 0 Å². The second kappa shape index (κ2) is 10.7. The van der Waals surface area contributed by atoms with Crippen LogP contribution in [0.25, 0.3) is 0 Å². The number of aliphatic hydroxyl groups excluding tert-OH is 2. The molecule has 2 aromatic rings. The Balaban J connectivity index is 0.000000197. The molecule has 4 N–H and O–H groups in total. The van der Waals surface area contributed by atoms with Crippen LogP contribution < -0.4 is 5.32 Å². The van der Waals surface area contributed by atoms with Gasteiger partial charge in [0.15, 0.2) is 6.10 Å². The molecule has 0 spiro atoms. The molecule has 3 atom stereocenters. The number of nitrogens with one attached hydrogen (secondary N) is 1. The largest absolute Gasteiger partial charge is 0.479 e. The van der Waals surface area contributed by atoms with Crippen molar-refractivity contribution in [3.05, 3.63) is 71.8 Å². The van der Waals surface area contributed by atoms with E-state index in [0.29, 0.717) is 11.6 Å². The zero-order valence-corrected chi connectivity index (χ0v) is 14.8. The number of carboxylic acids is 1. The summed E-state index contributed by atoms with van der Waals surface area (Å²) in [6.45, 7) is 0.864. The fraction of sp³-hybridized carbons (Fsp3) is 0.381. The lowest BCUT2D eigenvalue weighted by Crippen LogP contribution is -2.41. The first-order valence-corrected chi connectivity index (χ1v) is 8.99. The summed E-state index contributed by atoms with van der Waals surface area (Å²) in [5.74, 6) is -1.23. The Labute approximate surface area is 154 Å². The summed E-state index contributed by atoms with van der Waals surface area (Å²) in [4.78, 5) is 10.2. The SMILES string of the molecule is O=C(O)C(O)c1ccccc1.O[C@H]1CCCC[C@@H]1NCc1ccccc1. The molecule has 5 heteroatoms. The molecule has 0 aliphatic heterocycles. The summed E-state index contributed by atoms with van der Waals surface area (Å²) in [6, 6.07) is 18.9. The van der Waals surface area contributed by atoms with Crippen molar-refractivity contribution in [3.8, 4) is 0 Å². The number of aliphatic carboxylic acids is 1. The Bertz CT molecular complexity index is 648. The van der Waals surface area contributed by atoms with E-state index in [4.69, 9.17) is 10.2 Å². The smallest absolute Gasteiger partial charge is 0.337 e. The highest BCUT2D eigenvalue weighted by Gasteiger charge is 2.21. The first-order valence-electron chi connectivity index (χ1n) is 8.99. The summed E-state index contributed by atoms with van der Waals surface area (Å²) < 4.78 is 0. The summed E-state index contributed by atoms with van der Waals surface area (Å²) in [7, 11) is 0. The quantitative estimate of drug-likeness (QED) is 0.661. The van der Waals surface area contributed by atoms with Crippen LogP contribution in [0.1, 0.15) is 42.9 Å². The number of hydrogen-bond donors (Lipinski definition) is 4. The van der Waals surface area contributed by atoms with E-state index >= 15 is 0 Å². The molecule has 1 unspecified atom stereocenters. The van der Waals surface area contributed by atoms with E-state index in [-0.39, 0.29) is 6.10 Å². The Hall–Kier alpha value is -2.21. The second-order valence-electron chi connectivity index (χ2n) is 6.48. The van der Waals surface area contributed by atoms with Crippen molar-refractivity contribution in [1.82, 2.24) is 5.32 Å². The molecular weight excluding hydrogens is 330 g/mol. The Morgan fingerprint density at radius 1 is 1.00 bits per heavy atom. The minimum Gasteiger partial charge on any atom is -0.479 e. The molecule has 1 aliphatic carbocycles. The van der Waals surface area contributed by atoms with Crippen LogP contribution in [0.2, 0.25) is 0 Å². The van der Waals surface area contributed by atoms with Crippen molar-refractivity contribution < 1.29 is 20.1 Å². The van der Waals surface area contributed by atoms with Gasteiger partial charge in [0.25, 0.3) is 0 Å². The molecular formula is C21H27NO4. The highest BCUT2D eigenvalue weighted by atomic mass is 16.4. The third-order valence-electron chi connectivity index (χ3n) is 4.49. The van der Waals surface area contributed by atoms with Crippen LogP contribution in [0.3, 0.4) is 0 Å². The number of rotatable bonds is 5. The predicted octanol–water partition coefficient (Wildman–Crippen LogP) is 2.88. The topological polar surface area (TPSA) is 89.8 Å². The maximum absolute atomic E-state index is 10.2. The van der Waals surface area contributed by atoms with Gasteiger partial charge in [0.1, 0.15) is 0 Å². The minimum absolute atomic E-state index is 0.150. The first kappa shape index (κ1) is 20.1. The predicted molar refractivity (Wildman–Crippen MR) is 101 cm³/mol. The van der Waals surface area contributed by atoms with E-state index < -0.39 is 12.1 Å². The lowest BCUT2D eigenvalue weighted by molar-refractivity contribution is -0.146. The Morgan fingerprint density at radius 2 is 1.58 bits per heavy atom. The molecule has 0 heterocycles. The van der Waals surface area contributed by atoms with Gasteiger partial charge >= 0.3 is 5.97 Å². The van der Waals surface area contributed by atoms with Crippen LogP contribution in [0, 0.1) is 0 Å². The van der Waals surface area contributed by atoms with Crippen LogP contribution in [-0.4, -0.2) is 33.4 Å². The average Bonchev–Trinajstić information content (AvgIpc) is 2.69. The van der Waals surface area contributed by atoms with Gasteiger partial charge < -0.3 is 20.6 Å². The van der Waals surface area contributed by atoms with Crippen LogP contribution in [-0.2, 0) is 11.3 Å². The number of carbonyl (C=O) groups is 1. The Kier molecular flexibility index (Phi) is 8.28. The first-order chi connectivity index (χ1) is 12.6. The van der Waals surface area contributed by atoms with E-state index in [2.05, 4.69) is 17.4 Å². The lowest BCUT2D eigenvalue weighted by Gasteiger charge is -2.28. The molecule has 2 aromatic carbocycles. The van der Waals surface area contributed by atoms with Gasteiger partial charge in [-0.05, 0) is 24.0 Å². The molecule has 0 aromatic heterocycles. The van der Waals surface area contributed by atoms with Crippen LogP contribution in [0.5, 0.6) is 0 Å². The zero-order chi connectivity index (χ0) is 18.8. The molecule has 140 valence electrons. The molecule has 1 aliphatic rings. The van der Waals surface area contributed by atoms with Crippen molar-refractivity contribution in [2.45, 2.75) is 50.5 Å². The number of benzene rings is 2. The molecule has 3 rings (SSSR count). The Morgan fingerprint density at radius 3 is 2.15 bits per heavy atom. The average molecular weight is 357 g/mol. The zero-order valence-electron chi connectivity index (χ0n) is 14.8. The normalized spacial score (nSPS) is 20.5. The van der Waals surface area contributed by atoms with Crippen LogP contribution >= 0.6 is 0 Å². The molecule has 0 saturated heterocycles. The summed E-state index contributed by atoms with van der Waals surface area (Å²) in [6.07, 6.45) is 2.91. The van der Waals surface area contributed by atoms with Gasteiger partial charge in [0.2, 0.25) is 0 Å². The molecule has 1 saturated carbocycles. The summed E-state index contributed by atoms with van der Waals surface area (Å²) >= 11 is 0. The minimum atomic E-state index is -1.41. The van der Waals surface area contributed by atoms with Crippen molar-refractivity contribution in [3.63, 3.8) is 0 Å². The van der Waals surface area contributed by atoms with E-state index in [9.17, 15) is 9.90 Å². The fourth-order valence-corrected chi connectivity index (χ4v) is 2.97. The molecule has 1 fully saturated rings. The lowest BCUT2D eigenvalue weighted by atomic mass is 9.92. The highest BCUT2D eigenvalue weighted by molar-refractivity contribution is 5.73. The maximum atomic E-state index is 10.2. The maximum Gasteiger partial charge on any atom is 0.337 e. The van der Waals surface area contributed by atoms with Gasteiger partial charge in [-0.15, -0.1) is 0 Å². The van der Waals surface area contributed by atoms with Crippen LogP contribution in [0.4, 0.5) is 0 Å². The van der Waals surface area contributed by atoms with Gasteiger partial charge in [-0.3, -0.25) is 0 Å². The van der Waals surface area contributed by atoms with Crippen molar-refractivity contribution in [2.75, 3.05) is 0 Å². The van der Waals surface area contributed by atoms with E-state index in [0.717, 1.165) is 19.4 Å². The molecule has 5 nitrogen and oxygen atoms in total. The molecule has 0 radical (unpaired) electrons. The van der Waals surface area contributed by atoms with Crippen molar-refractivity contribution >= 4 is 5.97 Å².